The van der Waals surface area contributed by atoms with Gasteiger partial charge >= 0.3 is 12.1 Å². The minimum absolute atomic E-state index is 0.0224. The van der Waals surface area contributed by atoms with Crippen LogP contribution in [0.4, 0.5) is 13.2 Å². The molecule has 2 unspecified atom stereocenters. The summed E-state index contributed by atoms with van der Waals surface area (Å²) in [4.78, 5) is 12.0. The maximum atomic E-state index is 12.4. The van der Waals surface area contributed by atoms with Crippen molar-refractivity contribution in [3.05, 3.63) is 29.8 Å². The molecular weight excluding hydrogens is 413 g/mol. The number of hydrogen-bond acceptors (Lipinski definition) is 6. The van der Waals surface area contributed by atoms with E-state index in [0.717, 1.165) is 5.56 Å². The van der Waals surface area contributed by atoms with Crippen molar-refractivity contribution in [3.63, 3.8) is 0 Å². The summed E-state index contributed by atoms with van der Waals surface area (Å²) < 4.78 is 74.7. The largest absolute Gasteiger partial charge is 0.462 e. The van der Waals surface area contributed by atoms with Crippen LogP contribution in [0.2, 0.25) is 0 Å². The Labute approximate surface area is 168 Å². The summed E-state index contributed by atoms with van der Waals surface area (Å²) in [7, 11) is -4.51. The molecular formula is C19H25F3O6S. The molecule has 1 fully saturated rings. The van der Waals surface area contributed by atoms with E-state index in [4.69, 9.17) is 9.47 Å². The minimum Gasteiger partial charge on any atom is -0.462 e. The van der Waals surface area contributed by atoms with Crippen LogP contribution in [0.5, 0.6) is 0 Å². The van der Waals surface area contributed by atoms with E-state index in [2.05, 4.69) is 4.18 Å². The molecule has 0 spiro atoms. The molecule has 0 aliphatic carbocycles. The van der Waals surface area contributed by atoms with Gasteiger partial charge in [-0.1, -0.05) is 19.1 Å². The number of hydrogen-bond donors (Lipinski definition) is 0. The number of carbonyl (C=O) groups is 1. The topological polar surface area (TPSA) is 82.2 Å². The number of epoxide rings is 1. The zero-order chi connectivity index (χ0) is 21.9. The number of benzene rings is 1. The molecule has 1 aromatic carbocycles. The number of alkyl halides is 3. The number of esters is 1. The molecule has 1 aromatic rings. The van der Waals surface area contributed by atoms with Crippen molar-refractivity contribution >= 4 is 16.1 Å². The van der Waals surface area contributed by atoms with Crippen LogP contribution in [0.15, 0.2) is 29.2 Å². The quantitative estimate of drug-likeness (QED) is 0.314. The third-order valence-electron chi connectivity index (χ3n) is 4.62. The molecule has 0 N–H and O–H groups in total. The van der Waals surface area contributed by atoms with Crippen molar-refractivity contribution in [3.8, 4) is 0 Å². The SMILES string of the molecule is CCC(CC(C)(C)C(=O)OCC1CO1)c1ccc(S(=O)(=O)OCC(F)(F)F)cc1. The van der Waals surface area contributed by atoms with Gasteiger partial charge in [0.15, 0.2) is 6.61 Å². The van der Waals surface area contributed by atoms with E-state index in [9.17, 15) is 26.4 Å². The van der Waals surface area contributed by atoms with E-state index in [1.54, 1.807) is 13.8 Å². The molecule has 29 heavy (non-hydrogen) atoms. The first-order valence-electron chi connectivity index (χ1n) is 9.19. The lowest BCUT2D eigenvalue weighted by Gasteiger charge is -2.27. The van der Waals surface area contributed by atoms with E-state index in [1.165, 1.54) is 24.3 Å². The summed E-state index contributed by atoms with van der Waals surface area (Å²) in [6, 6.07) is 5.47. The first-order valence-corrected chi connectivity index (χ1v) is 10.6. The number of carbonyl (C=O) groups excluding carboxylic acids is 1. The zero-order valence-corrected chi connectivity index (χ0v) is 17.3. The van der Waals surface area contributed by atoms with Crippen LogP contribution in [0.25, 0.3) is 0 Å². The Morgan fingerprint density at radius 3 is 2.31 bits per heavy atom. The van der Waals surface area contributed by atoms with Crippen molar-refractivity contribution in [1.29, 1.82) is 0 Å². The van der Waals surface area contributed by atoms with Gasteiger partial charge < -0.3 is 9.47 Å². The molecule has 1 aliphatic heterocycles. The molecule has 6 nitrogen and oxygen atoms in total. The van der Waals surface area contributed by atoms with Crippen molar-refractivity contribution in [2.24, 2.45) is 5.41 Å². The lowest BCUT2D eigenvalue weighted by Crippen LogP contribution is -2.29. The molecule has 2 atom stereocenters. The van der Waals surface area contributed by atoms with Crippen LogP contribution >= 0.6 is 0 Å². The van der Waals surface area contributed by atoms with Crippen molar-refractivity contribution in [2.45, 2.75) is 56.7 Å². The Morgan fingerprint density at radius 2 is 1.83 bits per heavy atom. The zero-order valence-electron chi connectivity index (χ0n) is 16.5. The molecule has 164 valence electrons. The fourth-order valence-electron chi connectivity index (χ4n) is 2.84. The third-order valence-corrected chi connectivity index (χ3v) is 5.90. The smallest absolute Gasteiger partial charge is 0.413 e. The van der Waals surface area contributed by atoms with Gasteiger partial charge in [-0.25, -0.2) is 0 Å². The Balaban J connectivity index is 2.04. The van der Waals surface area contributed by atoms with Crippen LogP contribution in [0, 0.1) is 5.41 Å². The standard InChI is InChI=1S/C19H25F3O6S/c1-4-13(9-18(2,3)17(23)27-11-15-10-26-15)14-5-7-16(8-6-14)29(24,25)28-12-19(20,21)22/h5-8,13,15H,4,9-12H2,1-3H3. The second-order valence-corrected chi connectivity index (χ2v) is 9.26. The van der Waals surface area contributed by atoms with E-state index < -0.39 is 28.3 Å². The van der Waals surface area contributed by atoms with Gasteiger partial charge in [0.25, 0.3) is 10.1 Å². The molecule has 0 radical (unpaired) electrons. The van der Waals surface area contributed by atoms with Crippen LogP contribution in [-0.2, 0) is 28.6 Å². The Morgan fingerprint density at radius 1 is 1.24 bits per heavy atom. The highest BCUT2D eigenvalue weighted by atomic mass is 32.2. The Bertz CT molecular complexity index is 798. The fraction of sp³-hybridized carbons (Fsp3) is 0.632. The minimum atomic E-state index is -4.74. The van der Waals surface area contributed by atoms with Crippen LogP contribution in [-0.4, -0.2) is 46.5 Å². The fourth-order valence-corrected chi connectivity index (χ4v) is 3.74. The molecule has 0 bridgehead atoms. The summed E-state index contributed by atoms with van der Waals surface area (Å²) in [6.07, 6.45) is -3.62. The van der Waals surface area contributed by atoms with Crippen molar-refractivity contribution in [1.82, 2.24) is 0 Å². The molecule has 10 heteroatoms. The highest BCUT2D eigenvalue weighted by Crippen LogP contribution is 2.35. The Hall–Kier alpha value is -1.65. The number of halogens is 3. The first-order chi connectivity index (χ1) is 13.3. The van der Waals surface area contributed by atoms with Crippen molar-refractivity contribution in [2.75, 3.05) is 19.8 Å². The molecule has 2 rings (SSSR count). The van der Waals surface area contributed by atoms with Gasteiger partial charge in [0.1, 0.15) is 12.7 Å². The predicted molar refractivity (Wildman–Crippen MR) is 97.8 cm³/mol. The second kappa shape index (κ2) is 9.01. The Kier molecular flexibility index (Phi) is 7.34. The van der Waals surface area contributed by atoms with Crippen molar-refractivity contribution < 1.29 is 40.0 Å². The van der Waals surface area contributed by atoms with Crippen LogP contribution < -0.4 is 0 Å². The molecule has 1 heterocycles. The average Bonchev–Trinajstić information content (AvgIpc) is 3.46. The summed E-state index contributed by atoms with van der Waals surface area (Å²) >= 11 is 0. The van der Waals surface area contributed by atoms with Gasteiger partial charge in [-0.3, -0.25) is 8.98 Å². The second-order valence-electron chi connectivity index (χ2n) is 7.65. The van der Waals surface area contributed by atoms with E-state index in [-0.39, 0.29) is 29.5 Å². The maximum Gasteiger partial charge on any atom is 0.413 e. The summed E-state index contributed by atoms with van der Waals surface area (Å²) in [5.41, 5.74) is 0.00420. The van der Waals surface area contributed by atoms with E-state index >= 15 is 0 Å². The summed E-state index contributed by atoms with van der Waals surface area (Å²) in [6.45, 7) is 4.42. The lowest BCUT2D eigenvalue weighted by atomic mass is 9.79. The van der Waals surface area contributed by atoms with Gasteiger partial charge in [0.05, 0.1) is 16.9 Å². The highest BCUT2D eigenvalue weighted by Gasteiger charge is 2.35. The van der Waals surface area contributed by atoms with Gasteiger partial charge in [-0.05, 0) is 50.3 Å². The predicted octanol–water partition coefficient (Wildman–Crippen LogP) is 3.81. The van der Waals surface area contributed by atoms with Gasteiger partial charge in [-0.2, -0.15) is 21.6 Å². The van der Waals surface area contributed by atoms with Crippen LogP contribution in [0.1, 0.15) is 45.1 Å². The average molecular weight is 438 g/mol. The molecule has 0 amide bonds. The molecule has 1 saturated heterocycles. The van der Waals surface area contributed by atoms with Gasteiger partial charge in [-0.15, -0.1) is 0 Å². The lowest BCUT2D eigenvalue weighted by molar-refractivity contribution is -0.155. The van der Waals surface area contributed by atoms with Gasteiger partial charge in [0.2, 0.25) is 0 Å². The highest BCUT2D eigenvalue weighted by molar-refractivity contribution is 7.86. The summed E-state index contributed by atoms with van der Waals surface area (Å²) in [5.74, 6) is -0.409. The molecule has 0 aromatic heterocycles. The monoisotopic (exact) mass is 438 g/mol. The maximum absolute atomic E-state index is 12.4. The number of rotatable bonds is 10. The first kappa shape index (κ1) is 23.6. The normalized spacial score (nSPS) is 18.3. The molecule has 0 saturated carbocycles. The summed E-state index contributed by atoms with van der Waals surface area (Å²) in [5, 5.41) is 0. The third kappa shape index (κ3) is 7.27. The number of ether oxygens (including phenoxy) is 2. The van der Waals surface area contributed by atoms with E-state index in [0.29, 0.717) is 19.4 Å². The van der Waals surface area contributed by atoms with Crippen LogP contribution in [0.3, 0.4) is 0 Å². The van der Waals surface area contributed by atoms with E-state index in [1.807, 2.05) is 6.92 Å². The van der Waals surface area contributed by atoms with Gasteiger partial charge in [0, 0.05) is 0 Å². The molecule has 1 aliphatic rings.